The quantitative estimate of drug-likeness (QED) is 0.190. The first-order valence-electron chi connectivity index (χ1n) is 11.2. The van der Waals surface area contributed by atoms with Crippen molar-refractivity contribution in [1.29, 1.82) is 0 Å². The molecule has 2 heterocycles. The Morgan fingerprint density at radius 1 is 1.11 bits per heavy atom. The van der Waals surface area contributed by atoms with Gasteiger partial charge in [-0.25, -0.2) is 4.98 Å². The molecule has 1 unspecified atom stereocenters. The molecule has 1 amide bonds. The van der Waals surface area contributed by atoms with Crippen molar-refractivity contribution >= 4 is 55.7 Å². The number of Topliss-reactive ketones (excluding diaryl/α,β-unsaturated/α-hetero) is 1. The third kappa shape index (κ3) is 4.08. The number of aromatic nitrogens is 1. The summed E-state index contributed by atoms with van der Waals surface area (Å²) in [6.45, 7) is 4.05. The number of carbonyl (C=O) groups is 2. The Hall–Kier alpha value is -3.88. The van der Waals surface area contributed by atoms with E-state index in [2.05, 4.69) is 4.98 Å². The highest BCUT2D eigenvalue weighted by Crippen LogP contribution is 2.45. The summed E-state index contributed by atoms with van der Waals surface area (Å²) in [5, 5.41) is 22.3. The molecule has 9 heteroatoms. The molecule has 7 nitrogen and oxygen atoms in total. The highest BCUT2D eigenvalue weighted by molar-refractivity contribution is 7.22. The minimum atomic E-state index is -0.998. The second-order valence-electron chi connectivity index (χ2n) is 8.30. The molecule has 1 aliphatic rings. The van der Waals surface area contributed by atoms with Gasteiger partial charge in [0.25, 0.3) is 5.78 Å². The molecular formula is C27H21ClN2O5S. The van der Waals surface area contributed by atoms with E-state index in [-0.39, 0.29) is 22.8 Å². The van der Waals surface area contributed by atoms with Crippen LogP contribution in [0.25, 0.3) is 16.0 Å². The highest BCUT2D eigenvalue weighted by atomic mass is 35.5. The van der Waals surface area contributed by atoms with E-state index in [0.717, 1.165) is 10.3 Å². The van der Waals surface area contributed by atoms with Crippen molar-refractivity contribution in [3.05, 3.63) is 87.9 Å². The molecule has 0 bridgehead atoms. The lowest BCUT2D eigenvalue weighted by Gasteiger charge is -2.23. The molecule has 1 atom stereocenters. The second kappa shape index (κ2) is 9.29. The number of anilines is 1. The first-order chi connectivity index (χ1) is 17.3. The van der Waals surface area contributed by atoms with Gasteiger partial charge < -0.3 is 14.9 Å². The Balaban J connectivity index is 1.74. The topological polar surface area (TPSA) is 100.0 Å². The van der Waals surface area contributed by atoms with E-state index >= 15 is 0 Å². The van der Waals surface area contributed by atoms with Gasteiger partial charge in [0, 0.05) is 10.6 Å². The third-order valence-electron chi connectivity index (χ3n) is 5.90. The van der Waals surface area contributed by atoms with Gasteiger partial charge in [-0.05, 0) is 73.5 Å². The number of phenolic OH excluding ortho intramolecular Hbond substituents is 1. The number of aryl methyl sites for hydroxylation is 1. The summed E-state index contributed by atoms with van der Waals surface area (Å²) < 4.78 is 6.41. The van der Waals surface area contributed by atoms with Crippen LogP contribution < -0.4 is 9.64 Å². The minimum absolute atomic E-state index is 0.0780. The van der Waals surface area contributed by atoms with Crippen LogP contribution in [-0.2, 0) is 9.59 Å². The van der Waals surface area contributed by atoms with E-state index in [4.69, 9.17) is 16.3 Å². The van der Waals surface area contributed by atoms with Gasteiger partial charge in [0.1, 0.15) is 5.76 Å². The van der Waals surface area contributed by atoms with Crippen LogP contribution in [0.1, 0.15) is 29.7 Å². The van der Waals surface area contributed by atoms with Crippen molar-refractivity contribution in [2.24, 2.45) is 0 Å². The standard InChI is InChI=1S/C27H21ClN2O5S/c1-3-35-20-13-16(7-11-19(20)31)23-22(24(32)15-5-8-17(28)9-6-15)25(33)26(34)30(23)27-29-18-10-4-14(2)12-21(18)36-27/h4-13,23,31-32H,3H2,1-2H3/b24-22+. The van der Waals surface area contributed by atoms with E-state index in [1.165, 1.54) is 22.3 Å². The number of phenols is 1. The largest absolute Gasteiger partial charge is 0.507 e. The number of amides is 1. The van der Waals surface area contributed by atoms with Crippen molar-refractivity contribution in [2.75, 3.05) is 11.5 Å². The molecule has 0 radical (unpaired) electrons. The van der Waals surface area contributed by atoms with Gasteiger partial charge in [0.05, 0.1) is 28.4 Å². The number of rotatable bonds is 5. The molecule has 1 aliphatic heterocycles. The molecule has 4 aromatic rings. The zero-order chi connectivity index (χ0) is 25.6. The maximum absolute atomic E-state index is 13.4. The van der Waals surface area contributed by atoms with E-state index in [0.29, 0.717) is 33.4 Å². The predicted octanol–water partition coefficient (Wildman–Crippen LogP) is 5.99. The molecule has 0 spiro atoms. The third-order valence-corrected chi connectivity index (χ3v) is 7.17. The number of aliphatic hydroxyl groups excluding tert-OH is 1. The molecule has 3 aromatic carbocycles. The maximum Gasteiger partial charge on any atom is 0.301 e. The highest BCUT2D eigenvalue weighted by Gasteiger charge is 2.48. The smallest absolute Gasteiger partial charge is 0.301 e. The number of aliphatic hydroxyl groups is 1. The van der Waals surface area contributed by atoms with E-state index < -0.39 is 17.7 Å². The van der Waals surface area contributed by atoms with Crippen LogP contribution in [0.4, 0.5) is 5.13 Å². The van der Waals surface area contributed by atoms with Crippen LogP contribution >= 0.6 is 22.9 Å². The molecule has 2 N–H and O–H groups in total. The molecule has 0 aliphatic carbocycles. The van der Waals surface area contributed by atoms with Crippen molar-refractivity contribution in [1.82, 2.24) is 4.98 Å². The molecule has 36 heavy (non-hydrogen) atoms. The molecule has 0 saturated carbocycles. The summed E-state index contributed by atoms with van der Waals surface area (Å²) in [7, 11) is 0. The lowest BCUT2D eigenvalue weighted by Crippen LogP contribution is -2.29. The van der Waals surface area contributed by atoms with E-state index in [1.807, 2.05) is 25.1 Å². The Morgan fingerprint density at radius 2 is 1.86 bits per heavy atom. The van der Waals surface area contributed by atoms with Crippen molar-refractivity contribution in [2.45, 2.75) is 19.9 Å². The Bertz CT molecular complexity index is 1540. The zero-order valence-corrected chi connectivity index (χ0v) is 20.9. The fourth-order valence-electron chi connectivity index (χ4n) is 4.20. The number of aromatic hydroxyl groups is 1. The second-order valence-corrected chi connectivity index (χ2v) is 9.75. The lowest BCUT2D eigenvalue weighted by molar-refractivity contribution is -0.132. The SMILES string of the molecule is CCOc1cc(C2/C(=C(\O)c3ccc(Cl)cc3)C(=O)C(=O)N2c2nc3ccc(C)cc3s2)ccc1O. The van der Waals surface area contributed by atoms with Gasteiger partial charge in [0.2, 0.25) is 0 Å². The van der Waals surface area contributed by atoms with Crippen LogP contribution in [0, 0.1) is 6.92 Å². The number of ketones is 1. The molecule has 182 valence electrons. The molecule has 5 rings (SSSR count). The number of ether oxygens (including phenoxy) is 1. The van der Waals surface area contributed by atoms with Crippen LogP contribution in [0.5, 0.6) is 11.5 Å². The average Bonchev–Trinajstić information content (AvgIpc) is 3.38. The fourth-order valence-corrected chi connectivity index (χ4v) is 5.42. The first-order valence-corrected chi connectivity index (χ1v) is 12.4. The normalized spacial score (nSPS) is 17.2. The van der Waals surface area contributed by atoms with Gasteiger partial charge >= 0.3 is 5.91 Å². The number of benzene rings is 3. The average molecular weight is 521 g/mol. The Labute approximate surface area is 215 Å². The maximum atomic E-state index is 13.4. The summed E-state index contributed by atoms with van der Waals surface area (Å²) >= 11 is 7.28. The molecule has 1 saturated heterocycles. The van der Waals surface area contributed by atoms with Crippen LogP contribution in [0.2, 0.25) is 5.02 Å². The Morgan fingerprint density at radius 3 is 2.58 bits per heavy atom. The summed E-state index contributed by atoms with van der Waals surface area (Å²) in [6.07, 6.45) is 0. The van der Waals surface area contributed by atoms with Gasteiger partial charge in [-0.2, -0.15) is 0 Å². The first kappa shape index (κ1) is 23.8. The van der Waals surface area contributed by atoms with Gasteiger partial charge in [-0.3, -0.25) is 14.5 Å². The number of halogens is 1. The summed E-state index contributed by atoms with van der Waals surface area (Å²) in [5.41, 5.74) is 2.46. The summed E-state index contributed by atoms with van der Waals surface area (Å²) in [5.74, 6) is -1.86. The monoisotopic (exact) mass is 520 g/mol. The summed E-state index contributed by atoms with van der Waals surface area (Å²) in [4.78, 5) is 32.7. The van der Waals surface area contributed by atoms with Gasteiger partial charge in [0.15, 0.2) is 16.6 Å². The zero-order valence-electron chi connectivity index (χ0n) is 19.4. The van der Waals surface area contributed by atoms with Crippen molar-refractivity contribution in [3.63, 3.8) is 0 Å². The van der Waals surface area contributed by atoms with Gasteiger partial charge in [-0.1, -0.05) is 35.1 Å². The van der Waals surface area contributed by atoms with Crippen molar-refractivity contribution in [3.8, 4) is 11.5 Å². The number of hydrogen-bond acceptors (Lipinski definition) is 7. The van der Waals surface area contributed by atoms with Crippen LogP contribution in [0.15, 0.2) is 66.2 Å². The van der Waals surface area contributed by atoms with E-state index in [9.17, 15) is 19.8 Å². The van der Waals surface area contributed by atoms with Gasteiger partial charge in [-0.15, -0.1) is 0 Å². The fraction of sp³-hybridized carbons (Fsp3) is 0.148. The van der Waals surface area contributed by atoms with E-state index in [1.54, 1.807) is 43.3 Å². The lowest BCUT2D eigenvalue weighted by atomic mass is 9.95. The van der Waals surface area contributed by atoms with Crippen LogP contribution in [0.3, 0.4) is 0 Å². The Kier molecular flexibility index (Phi) is 6.15. The summed E-state index contributed by atoms with van der Waals surface area (Å²) in [6, 6.07) is 15.7. The number of thiazole rings is 1. The predicted molar refractivity (Wildman–Crippen MR) is 140 cm³/mol. The molecular weight excluding hydrogens is 500 g/mol. The molecule has 1 fully saturated rings. The van der Waals surface area contributed by atoms with Crippen molar-refractivity contribution < 1.29 is 24.5 Å². The molecule has 1 aromatic heterocycles. The minimum Gasteiger partial charge on any atom is -0.507 e. The van der Waals surface area contributed by atoms with Crippen LogP contribution in [-0.4, -0.2) is 33.5 Å². The number of hydrogen-bond donors (Lipinski definition) is 2. The number of fused-ring (bicyclic) bond motifs is 1. The number of carbonyl (C=O) groups excluding carboxylic acids is 2. The number of nitrogens with zero attached hydrogens (tertiary/aromatic N) is 2.